The lowest BCUT2D eigenvalue weighted by molar-refractivity contribution is -0.117. The van der Waals surface area contributed by atoms with Crippen LogP contribution in [-0.2, 0) is 24.3 Å². The van der Waals surface area contributed by atoms with Crippen molar-refractivity contribution >= 4 is 22.4 Å². The van der Waals surface area contributed by atoms with E-state index in [-0.39, 0.29) is 24.8 Å². The van der Waals surface area contributed by atoms with Gasteiger partial charge in [0.1, 0.15) is 6.54 Å². The van der Waals surface area contributed by atoms with Gasteiger partial charge in [0.25, 0.3) is 5.56 Å². The molecule has 2 aromatic carbocycles. The van der Waals surface area contributed by atoms with Crippen LogP contribution in [-0.4, -0.2) is 48.1 Å². The topological polar surface area (TPSA) is 94.9 Å². The second kappa shape index (κ2) is 7.83. The van der Waals surface area contributed by atoms with Gasteiger partial charge in [-0.05, 0) is 32.0 Å². The van der Waals surface area contributed by atoms with Gasteiger partial charge < -0.3 is 24.4 Å². The van der Waals surface area contributed by atoms with Crippen molar-refractivity contribution in [2.75, 3.05) is 32.8 Å². The Morgan fingerprint density at radius 2 is 1.94 bits per heavy atom. The van der Waals surface area contributed by atoms with E-state index in [0.717, 1.165) is 29.5 Å². The van der Waals surface area contributed by atoms with Gasteiger partial charge in [-0.2, -0.15) is 5.10 Å². The van der Waals surface area contributed by atoms with Crippen molar-refractivity contribution < 1.29 is 19.0 Å². The molecule has 0 saturated heterocycles. The minimum atomic E-state index is -0.363. The molecule has 0 bridgehead atoms. The van der Waals surface area contributed by atoms with Crippen LogP contribution >= 0.6 is 0 Å². The molecule has 0 aliphatic carbocycles. The van der Waals surface area contributed by atoms with E-state index < -0.39 is 0 Å². The molecule has 9 nitrogen and oxygen atoms in total. The molecule has 0 atom stereocenters. The van der Waals surface area contributed by atoms with E-state index in [1.54, 1.807) is 19.2 Å². The Morgan fingerprint density at radius 1 is 1.19 bits per heavy atom. The lowest BCUT2D eigenvalue weighted by Gasteiger charge is -2.29. The molecule has 2 aliphatic heterocycles. The molecule has 0 saturated carbocycles. The fourth-order valence-electron chi connectivity index (χ4n) is 4.46. The third kappa shape index (κ3) is 3.25. The Labute approximate surface area is 184 Å². The number of nitrogens with one attached hydrogen (secondary N) is 1. The van der Waals surface area contributed by atoms with Crippen molar-refractivity contribution in [1.29, 1.82) is 0 Å². The van der Waals surface area contributed by atoms with Crippen molar-refractivity contribution in [3.8, 4) is 17.2 Å². The second-order valence-corrected chi connectivity index (χ2v) is 8.06. The molecular weight excluding hydrogens is 412 g/mol. The molecule has 3 heterocycles. The summed E-state index contributed by atoms with van der Waals surface area (Å²) in [5.74, 6) is 1.24. The number of benzene rings is 2. The number of amides is 1. The lowest BCUT2D eigenvalue weighted by Crippen LogP contribution is -2.32. The largest absolute Gasteiger partial charge is 0.492 e. The molecule has 2 aliphatic rings. The number of methoxy groups -OCH3 is 1. The summed E-state index contributed by atoms with van der Waals surface area (Å²) < 4.78 is 18.2. The number of fused-ring (bicyclic) bond motifs is 3. The van der Waals surface area contributed by atoms with Crippen LogP contribution < -0.4 is 25.1 Å². The van der Waals surface area contributed by atoms with Crippen molar-refractivity contribution in [2.24, 2.45) is 0 Å². The number of likely N-dealkylation sites (N-methyl/N-ethyl adjacent to an activating group) is 1. The van der Waals surface area contributed by atoms with Crippen molar-refractivity contribution in [2.45, 2.75) is 26.4 Å². The average molecular weight is 436 g/mol. The molecule has 0 fully saturated rings. The van der Waals surface area contributed by atoms with E-state index in [0.29, 0.717) is 40.6 Å². The summed E-state index contributed by atoms with van der Waals surface area (Å²) in [4.78, 5) is 28.1. The SMILES string of the molecule is COc1c2c(c(NC(=O)Cn3nc(C)c4ccccc4c3=O)c3c1OCO3)CCN(C)C2. The first-order valence-electron chi connectivity index (χ1n) is 10.4. The van der Waals surface area contributed by atoms with Gasteiger partial charge in [-0.3, -0.25) is 9.59 Å². The summed E-state index contributed by atoms with van der Waals surface area (Å²) in [5, 5.41) is 8.62. The second-order valence-electron chi connectivity index (χ2n) is 8.06. The third-order valence-corrected chi connectivity index (χ3v) is 5.97. The number of hydrogen-bond donors (Lipinski definition) is 1. The summed E-state index contributed by atoms with van der Waals surface area (Å²) in [7, 11) is 3.63. The molecule has 1 aromatic heterocycles. The molecule has 0 spiro atoms. The number of hydrogen-bond acceptors (Lipinski definition) is 7. The molecule has 1 amide bonds. The maximum absolute atomic E-state index is 13.0. The molecule has 32 heavy (non-hydrogen) atoms. The van der Waals surface area contributed by atoms with E-state index in [1.165, 1.54) is 4.68 Å². The Bertz CT molecular complexity index is 1300. The summed E-state index contributed by atoms with van der Waals surface area (Å²) >= 11 is 0. The Kier molecular flexibility index (Phi) is 4.97. The number of carbonyl (C=O) groups is 1. The summed E-state index contributed by atoms with van der Waals surface area (Å²) in [6.07, 6.45) is 0.724. The minimum absolute atomic E-state index is 0.0537. The van der Waals surface area contributed by atoms with Gasteiger partial charge in [0.05, 0.1) is 23.9 Å². The van der Waals surface area contributed by atoms with Gasteiger partial charge in [-0.15, -0.1) is 0 Å². The highest BCUT2D eigenvalue weighted by Gasteiger charge is 2.33. The van der Waals surface area contributed by atoms with Crippen LogP contribution in [0.1, 0.15) is 16.8 Å². The summed E-state index contributed by atoms with van der Waals surface area (Å²) in [6, 6.07) is 7.26. The van der Waals surface area contributed by atoms with Gasteiger partial charge in [-0.25, -0.2) is 4.68 Å². The standard InChI is InChI=1S/C23H24N4O5/c1-13-14-6-4-5-7-16(14)23(29)27(25-13)11-18(28)24-19-15-8-9-26(2)10-17(15)20(30-3)22-21(19)31-12-32-22/h4-7H,8-12H2,1-3H3,(H,24,28). The van der Waals surface area contributed by atoms with Gasteiger partial charge in [0.15, 0.2) is 11.5 Å². The van der Waals surface area contributed by atoms with E-state index >= 15 is 0 Å². The molecule has 5 rings (SSSR count). The van der Waals surface area contributed by atoms with Gasteiger partial charge in [0.2, 0.25) is 18.4 Å². The Balaban J connectivity index is 1.52. The zero-order valence-corrected chi connectivity index (χ0v) is 18.2. The molecular formula is C23H24N4O5. The van der Waals surface area contributed by atoms with Crippen LogP contribution in [0.5, 0.6) is 17.2 Å². The number of aryl methyl sites for hydroxylation is 1. The Morgan fingerprint density at radius 3 is 2.72 bits per heavy atom. The highest BCUT2D eigenvalue weighted by Crippen LogP contribution is 2.52. The molecule has 3 aromatic rings. The average Bonchev–Trinajstić information content (AvgIpc) is 3.27. The number of anilines is 1. The van der Waals surface area contributed by atoms with E-state index in [2.05, 4.69) is 15.3 Å². The summed E-state index contributed by atoms with van der Waals surface area (Å²) in [5.41, 5.74) is 2.90. The predicted octanol–water partition coefficient (Wildman–Crippen LogP) is 2.07. The zero-order chi connectivity index (χ0) is 22.4. The smallest absolute Gasteiger partial charge is 0.275 e. The normalized spacial score (nSPS) is 15.0. The number of aromatic nitrogens is 2. The summed E-state index contributed by atoms with van der Waals surface area (Å²) in [6.45, 7) is 3.18. The molecule has 0 unspecified atom stereocenters. The molecule has 166 valence electrons. The number of rotatable bonds is 4. The number of nitrogens with zero attached hydrogens (tertiary/aromatic N) is 3. The van der Waals surface area contributed by atoms with Crippen molar-refractivity contribution in [3.05, 3.63) is 51.4 Å². The van der Waals surface area contributed by atoms with Gasteiger partial charge in [-0.1, -0.05) is 18.2 Å². The van der Waals surface area contributed by atoms with Crippen LogP contribution in [0.4, 0.5) is 5.69 Å². The van der Waals surface area contributed by atoms with Crippen LogP contribution in [0.25, 0.3) is 10.8 Å². The highest BCUT2D eigenvalue weighted by atomic mass is 16.7. The third-order valence-electron chi connectivity index (χ3n) is 5.97. The fourth-order valence-corrected chi connectivity index (χ4v) is 4.46. The van der Waals surface area contributed by atoms with E-state index in [1.807, 2.05) is 26.1 Å². The highest BCUT2D eigenvalue weighted by molar-refractivity contribution is 5.95. The quantitative estimate of drug-likeness (QED) is 0.669. The fraction of sp³-hybridized carbons (Fsp3) is 0.348. The van der Waals surface area contributed by atoms with E-state index in [4.69, 9.17) is 14.2 Å². The number of carbonyl (C=O) groups excluding carboxylic acids is 1. The monoisotopic (exact) mass is 436 g/mol. The first-order chi connectivity index (χ1) is 15.5. The molecule has 1 N–H and O–H groups in total. The van der Waals surface area contributed by atoms with Crippen molar-refractivity contribution in [3.63, 3.8) is 0 Å². The van der Waals surface area contributed by atoms with Crippen LogP contribution in [0.2, 0.25) is 0 Å². The maximum Gasteiger partial charge on any atom is 0.275 e. The first kappa shape index (κ1) is 20.3. The Hall–Kier alpha value is -3.59. The van der Waals surface area contributed by atoms with Crippen LogP contribution in [0.15, 0.2) is 29.1 Å². The minimum Gasteiger partial charge on any atom is -0.492 e. The molecule has 0 radical (unpaired) electrons. The molecule has 9 heteroatoms. The van der Waals surface area contributed by atoms with Gasteiger partial charge >= 0.3 is 0 Å². The maximum atomic E-state index is 13.0. The predicted molar refractivity (Wildman–Crippen MR) is 119 cm³/mol. The van der Waals surface area contributed by atoms with Gasteiger partial charge in [0, 0.05) is 24.0 Å². The van der Waals surface area contributed by atoms with E-state index in [9.17, 15) is 9.59 Å². The zero-order valence-electron chi connectivity index (χ0n) is 18.2. The first-order valence-corrected chi connectivity index (χ1v) is 10.4. The van der Waals surface area contributed by atoms with Crippen molar-refractivity contribution in [1.82, 2.24) is 14.7 Å². The number of ether oxygens (including phenoxy) is 3. The lowest BCUT2D eigenvalue weighted by atomic mass is 9.95. The van der Waals surface area contributed by atoms with Crippen LogP contribution in [0.3, 0.4) is 0 Å². The van der Waals surface area contributed by atoms with Crippen LogP contribution in [0, 0.1) is 6.92 Å².